The van der Waals surface area contributed by atoms with Crippen molar-refractivity contribution < 1.29 is 38.0 Å². The molecule has 2 unspecified atom stereocenters. The maximum absolute atomic E-state index is 14.2. The van der Waals surface area contributed by atoms with Gasteiger partial charge in [0, 0.05) is 50.8 Å². The van der Waals surface area contributed by atoms with E-state index in [2.05, 4.69) is 15.5 Å². The molecule has 1 heterocycles. The first-order valence-electron chi connectivity index (χ1n) is 17.9. The lowest BCUT2D eigenvalue weighted by molar-refractivity contribution is -0.133. The van der Waals surface area contributed by atoms with Gasteiger partial charge in [-0.1, -0.05) is 12.1 Å². The molecule has 0 aromatic heterocycles. The highest BCUT2D eigenvalue weighted by Crippen LogP contribution is 2.50. The van der Waals surface area contributed by atoms with Crippen LogP contribution >= 0.6 is 11.8 Å². The fourth-order valence-electron chi connectivity index (χ4n) is 7.38. The Hall–Kier alpha value is -4.82. The summed E-state index contributed by atoms with van der Waals surface area (Å²) in [5, 5.41) is 6.39. The molecular weight excluding hydrogens is 713 g/mol. The van der Waals surface area contributed by atoms with E-state index in [0.717, 1.165) is 28.0 Å². The number of hydrogen-bond donors (Lipinski definition) is 2. The summed E-state index contributed by atoms with van der Waals surface area (Å²) in [5.74, 6) is 3.66. The molecule has 54 heavy (non-hydrogen) atoms. The third kappa shape index (κ3) is 8.60. The summed E-state index contributed by atoms with van der Waals surface area (Å²) in [4.78, 5) is 44.8. The van der Waals surface area contributed by atoms with Gasteiger partial charge in [-0.2, -0.15) is 11.8 Å². The molecule has 14 heteroatoms. The molecule has 3 aromatic carbocycles. The van der Waals surface area contributed by atoms with Gasteiger partial charge < -0.3 is 44.0 Å². The number of carbonyl (C=O) groups excluding carboxylic acids is 2. The predicted octanol–water partition coefficient (Wildman–Crippen LogP) is 4.77. The van der Waals surface area contributed by atoms with Crippen molar-refractivity contribution >= 4 is 29.3 Å². The summed E-state index contributed by atoms with van der Waals surface area (Å²) >= 11 is 1.64. The second-order valence-corrected chi connectivity index (χ2v) is 14.2. The lowest BCUT2D eigenvalue weighted by Crippen LogP contribution is -2.52. The predicted molar refractivity (Wildman–Crippen MR) is 211 cm³/mol. The Labute approximate surface area is 321 Å². The van der Waals surface area contributed by atoms with Gasteiger partial charge in [-0.15, -0.1) is 0 Å². The molecule has 2 aliphatic rings. The average Bonchev–Trinajstić information content (AvgIpc) is 3.42. The summed E-state index contributed by atoms with van der Waals surface area (Å²) in [6, 6.07) is 9.86. The Morgan fingerprint density at radius 1 is 0.833 bits per heavy atom. The first kappa shape index (κ1) is 40.4. The molecule has 2 atom stereocenters. The summed E-state index contributed by atoms with van der Waals surface area (Å²) in [6.45, 7) is 4.49. The molecule has 0 radical (unpaired) electrons. The van der Waals surface area contributed by atoms with Crippen molar-refractivity contribution in [3.05, 3.63) is 63.3 Å². The highest BCUT2D eigenvalue weighted by Gasteiger charge is 2.31. The molecule has 1 aliphatic heterocycles. The number of nitrogens with zero attached hydrogens (tertiary/aromatic N) is 2. The number of aryl methyl sites for hydroxylation is 1. The van der Waals surface area contributed by atoms with E-state index in [1.54, 1.807) is 66.6 Å². The molecule has 0 spiro atoms. The number of rotatable bonds is 15. The number of benzene rings is 2. The van der Waals surface area contributed by atoms with Crippen LogP contribution < -0.4 is 44.5 Å². The van der Waals surface area contributed by atoms with Gasteiger partial charge in [0.1, 0.15) is 6.04 Å². The zero-order valence-electron chi connectivity index (χ0n) is 32.5. The van der Waals surface area contributed by atoms with Crippen LogP contribution in [0.1, 0.15) is 42.5 Å². The van der Waals surface area contributed by atoms with Gasteiger partial charge in [0.15, 0.2) is 23.0 Å². The van der Waals surface area contributed by atoms with Crippen molar-refractivity contribution in [3.63, 3.8) is 0 Å². The van der Waals surface area contributed by atoms with Crippen LogP contribution in [-0.4, -0.2) is 109 Å². The minimum absolute atomic E-state index is 0.0557. The zero-order chi connectivity index (χ0) is 38.9. The van der Waals surface area contributed by atoms with Crippen LogP contribution in [0.5, 0.6) is 34.5 Å². The SMILES string of the molecule is COc1ccc(CN2CCN(C(=O)C(CCSC)Nc3ccc4c(cc3=O)C(NC(C)=O)CCc3cc(OC)c(OC)c(OC)c3-4)CC2)c(OC)c1OC. The van der Waals surface area contributed by atoms with Crippen LogP contribution in [0.4, 0.5) is 5.69 Å². The van der Waals surface area contributed by atoms with E-state index < -0.39 is 12.1 Å². The lowest BCUT2D eigenvalue weighted by atomic mass is 9.95. The first-order chi connectivity index (χ1) is 26.1. The number of fused-ring (bicyclic) bond motifs is 3. The van der Waals surface area contributed by atoms with Crippen molar-refractivity contribution in [3.8, 4) is 45.6 Å². The molecule has 0 bridgehead atoms. The molecule has 13 nitrogen and oxygen atoms in total. The maximum Gasteiger partial charge on any atom is 0.245 e. The first-order valence-corrected chi connectivity index (χ1v) is 19.3. The van der Waals surface area contributed by atoms with Crippen molar-refractivity contribution in [1.29, 1.82) is 0 Å². The summed E-state index contributed by atoms with van der Waals surface area (Å²) < 4.78 is 34.0. The molecular formula is C40H52N4O9S. The molecule has 1 saturated heterocycles. The number of anilines is 1. The Kier molecular flexibility index (Phi) is 13.8. The van der Waals surface area contributed by atoms with Crippen LogP contribution in [-0.2, 0) is 22.6 Å². The molecule has 2 N–H and O–H groups in total. The van der Waals surface area contributed by atoms with Gasteiger partial charge in [-0.05, 0) is 72.2 Å². The topological polar surface area (TPSA) is 137 Å². The molecule has 0 saturated carbocycles. The number of nitrogens with one attached hydrogen (secondary N) is 2. The van der Waals surface area contributed by atoms with Gasteiger partial charge in [0.05, 0.1) is 54.4 Å². The van der Waals surface area contributed by atoms with E-state index >= 15 is 0 Å². The fraction of sp³-hybridized carbons (Fsp3) is 0.475. The van der Waals surface area contributed by atoms with E-state index in [4.69, 9.17) is 28.4 Å². The minimum atomic E-state index is -0.623. The van der Waals surface area contributed by atoms with E-state index in [0.29, 0.717) is 97.7 Å². The summed E-state index contributed by atoms with van der Waals surface area (Å²) in [7, 11) is 9.48. The fourth-order valence-corrected chi connectivity index (χ4v) is 7.85. The number of piperazine rings is 1. The molecule has 3 aromatic rings. The Morgan fingerprint density at radius 3 is 2.11 bits per heavy atom. The van der Waals surface area contributed by atoms with Crippen LogP contribution in [0.3, 0.4) is 0 Å². The second kappa shape index (κ2) is 18.5. The highest BCUT2D eigenvalue weighted by atomic mass is 32.2. The number of amides is 2. The van der Waals surface area contributed by atoms with Crippen LogP contribution in [0.25, 0.3) is 11.1 Å². The smallest absolute Gasteiger partial charge is 0.245 e. The van der Waals surface area contributed by atoms with Crippen LogP contribution in [0.15, 0.2) is 41.2 Å². The Bertz CT molecular complexity index is 1880. The standard InChI is InChI=1S/C40H52N4O9S/c1-24(45)41-29-12-9-25-21-34(49-3)38(52-6)39(53-7)35(25)27-11-13-30(32(46)22-28(27)29)42-31(15-20-54-8)40(47)44-18-16-43(17-19-44)23-26-10-14-33(48-2)37(51-5)36(26)50-4/h10-11,13-14,21-22,29,31H,9,12,15-20,23H2,1-8H3,(H,41,45)(H,42,46). The van der Waals surface area contributed by atoms with Crippen molar-refractivity contribution in [2.24, 2.45) is 0 Å². The van der Waals surface area contributed by atoms with Crippen LogP contribution in [0.2, 0.25) is 0 Å². The summed E-state index contributed by atoms with van der Waals surface area (Å²) in [5.41, 5.74) is 4.04. The molecule has 292 valence electrons. The number of ether oxygens (including phenoxy) is 6. The quantitative estimate of drug-likeness (QED) is 0.221. The Morgan fingerprint density at radius 2 is 1.50 bits per heavy atom. The number of hydrogen-bond acceptors (Lipinski definition) is 12. The van der Waals surface area contributed by atoms with Gasteiger partial charge in [-0.3, -0.25) is 19.3 Å². The van der Waals surface area contributed by atoms with Gasteiger partial charge >= 0.3 is 0 Å². The second-order valence-electron chi connectivity index (χ2n) is 13.2. The van der Waals surface area contributed by atoms with Gasteiger partial charge in [-0.25, -0.2) is 0 Å². The van der Waals surface area contributed by atoms with Crippen molar-refractivity contribution in [2.75, 3.05) is 86.2 Å². The number of thioether (sulfide) groups is 1. The minimum Gasteiger partial charge on any atom is -0.493 e. The zero-order valence-corrected chi connectivity index (χ0v) is 33.3. The van der Waals surface area contributed by atoms with Crippen LogP contribution in [0, 0.1) is 0 Å². The van der Waals surface area contributed by atoms with E-state index in [-0.39, 0.29) is 17.2 Å². The van der Waals surface area contributed by atoms with Gasteiger partial charge in [0.2, 0.25) is 28.7 Å². The molecule has 5 rings (SSSR count). The lowest BCUT2D eigenvalue weighted by Gasteiger charge is -2.37. The largest absolute Gasteiger partial charge is 0.493 e. The Balaban J connectivity index is 1.43. The van der Waals surface area contributed by atoms with E-state index in [9.17, 15) is 14.4 Å². The molecule has 1 aliphatic carbocycles. The van der Waals surface area contributed by atoms with Crippen molar-refractivity contribution in [2.45, 2.75) is 44.8 Å². The highest BCUT2D eigenvalue weighted by molar-refractivity contribution is 7.98. The third-order valence-corrected chi connectivity index (χ3v) is 10.7. The molecule has 1 fully saturated rings. The number of methoxy groups -OCH3 is 6. The monoisotopic (exact) mass is 764 g/mol. The third-order valence-electron chi connectivity index (χ3n) is 10.0. The van der Waals surface area contributed by atoms with E-state index in [1.807, 2.05) is 35.4 Å². The maximum atomic E-state index is 14.2. The average molecular weight is 765 g/mol. The molecule has 2 amide bonds. The normalized spacial score (nSPS) is 15.9. The summed E-state index contributed by atoms with van der Waals surface area (Å²) in [6.07, 6.45) is 3.67. The van der Waals surface area contributed by atoms with Gasteiger partial charge in [0.25, 0.3) is 0 Å². The van der Waals surface area contributed by atoms with Crippen molar-refractivity contribution in [1.82, 2.24) is 15.1 Å². The number of carbonyl (C=O) groups is 2. The van der Waals surface area contributed by atoms with E-state index in [1.165, 1.54) is 6.92 Å².